The first kappa shape index (κ1) is 18.0. The van der Waals surface area contributed by atoms with E-state index in [0.717, 1.165) is 12.0 Å². The smallest absolute Gasteiger partial charge is 0.319 e. The molecule has 5 nitrogen and oxygen atoms in total. The predicted molar refractivity (Wildman–Crippen MR) is 89.2 cm³/mol. The summed E-state index contributed by atoms with van der Waals surface area (Å²) in [4.78, 5) is 12.0. The highest BCUT2D eigenvalue weighted by atomic mass is 16.5. The summed E-state index contributed by atoms with van der Waals surface area (Å²) in [6.45, 7) is 10.1. The Balaban J connectivity index is 2.56. The highest BCUT2D eigenvalue weighted by Crippen LogP contribution is 2.18. The largest absolute Gasteiger partial charge is 0.489 e. The summed E-state index contributed by atoms with van der Waals surface area (Å²) < 4.78 is 5.53. The van der Waals surface area contributed by atoms with E-state index in [1.807, 2.05) is 26.8 Å². The van der Waals surface area contributed by atoms with Crippen LogP contribution in [0, 0.1) is 5.92 Å². The van der Waals surface area contributed by atoms with E-state index in [2.05, 4.69) is 17.2 Å². The molecule has 1 aromatic rings. The minimum atomic E-state index is -0.336. The van der Waals surface area contributed by atoms with Crippen molar-refractivity contribution in [2.24, 2.45) is 5.92 Å². The number of anilines is 1. The van der Waals surface area contributed by atoms with E-state index in [4.69, 9.17) is 4.74 Å². The number of amides is 2. The fourth-order valence-corrected chi connectivity index (χ4v) is 1.97. The molecular formula is C17H26N2O3. The molecule has 5 heteroatoms. The van der Waals surface area contributed by atoms with Gasteiger partial charge in [-0.05, 0) is 37.0 Å². The van der Waals surface area contributed by atoms with Gasteiger partial charge in [0.2, 0.25) is 0 Å². The number of hydrogen-bond acceptors (Lipinski definition) is 3. The molecule has 0 saturated carbocycles. The van der Waals surface area contributed by atoms with Crippen LogP contribution in [0.25, 0.3) is 0 Å². The molecule has 0 bridgehead atoms. The van der Waals surface area contributed by atoms with Gasteiger partial charge in [-0.25, -0.2) is 4.79 Å². The molecule has 1 aromatic carbocycles. The lowest BCUT2D eigenvalue weighted by atomic mass is 10.0. The number of nitrogens with one attached hydrogen (secondary N) is 2. The molecule has 3 N–H and O–H groups in total. The van der Waals surface area contributed by atoms with Crippen molar-refractivity contribution in [1.82, 2.24) is 5.32 Å². The molecule has 1 unspecified atom stereocenters. The zero-order chi connectivity index (χ0) is 16.5. The summed E-state index contributed by atoms with van der Waals surface area (Å²) in [5, 5.41) is 14.8. The number of carbonyl (C=O) groups excluding carboxylic acids is 1. The zero-order valence-corrected chi connectivity index (χ0v) is 13.6. The summed E-state index contributed by atoms with van der Waals surface area (Å²) in [6.07, 6.45) is 0.728. The second-order valence-corrected chi connectivity index (χ2v) is 5.88. The van der Waals surface area contributed by atoms with Crippen LogP contribution in [-0.2, 0) is 0 Å². The zero-order valence-electron chi connectivity index (χ0n) is 13.6. The van der Waals surface area contributed by atoms with Crippen LogP contribution in [-0.4, -0.2) is 30.4 Å². The average Bonchev–Trinajstić information content (AvgIpc) is 2.44. The molecular weight excluding hydrogens is 280 g/mol. The van der Waals surface area contributed by atoms with E-state index < -0.39 is 0 Å². The quantitative estimate of drug-likeness (QED) is 0.646. The van der Waals surface area contributed by atoms with Gasteiger partial charge >= 0.3 is 6.03 Å². The highest BCUT2D eigenvalue weighted by molar-refractivity contribution is 5.89. The van der Waals surface area contributed by atoms with E-state index in [1.54, 1.807) is 18.2 Å². The van der Waals surface area contributed by atoms with Crippen molar-refractivity contribution in [2.45, 2.75) is 33.2 Å². The fraction of sp³-hybridized carbons (Fsp3) is 0.471. The summed E-state index contributed by atoms with van der Waals surface area (Å²) in [5.41, 5.74) is 1.56. The van der Waals surface area contributed by atoms with Crippen LogP contribution in [0.2, 0.25) is 0 Å². The van der Waals surface area contributed by atoms with Gasteiger partial charge in [-0.15, -0.1) is 0 Å². The molecule has 0 aliphatic carbocycles. The number of rotatable bonds is 8. The van der Waals surface area contributed by atoms with Crippen LogP contribution in [0.5, 0.6) is 5.75 Å². The van der Waals surface area contributed by atoms with E-state index in [-0.39, 0.29) is 18.7 Å². The Labute approximate surface area is 132 Å². The third kappa shape index (κ3) is 7.13. The molecule has 22 heavy (non-hydrogen) atoms. The maximum absolute atomic E-state index is 12.0. The predicted octanol–water partition coefficient (Wildman–Crippen LogP) is 3.17. The van der Waals surface area contributed by atoms with E-state index in [1.165, 1.54) is 0 Å². The molecule has 0 heterocycles. The van der Waals surface area contributed by atoms with Gasteiger partial charge < -0.3 is 20.5 Å². The Morgan fingerprint density at radius 1 is 1.41 bits per heavy atom. The maximum atomic E-state index is 12.0. The molecule has 0 fully saturated rings. The van der Waals surface area contributed by atoms with Crippen molar-refractivity contribution in [3.8, 4) is 5.75 Å². The van der Waals surface area contributed by atoms with Crippen LogP contribution >= 0.6 is 0 Å². The van der Waals surface area contributed by atoms with Gasteiger partial charge in [0.15, 0.2) is 0 Å². The van der Waals surface area contributed by atoms with Crippen LogP contribution in [0.4, 0.5) is 10.5 Å². The van der Waals surface area contributed by atoms with Crippen molar-refractivity contribution in [3.63, 3.8) is 0 Å². The van der Waals surface area contributed by atoms with Gasteiger partial charge in [-0.1, -0.05) is 26.5 Å². The number of benzene rings is 1. The van der Waals surface area contributed by atoms with Crippen LogP contribution in [0.3, 0.4) is 0 Å². The molecule has 1 rings (SSSR count). The molecule has 0 aliphatic rings. The van der Waals surface area contributed by atoms with E-state index in [9.17, 15) is 9.90 Å². The minimum Gasteiger partial charge on any atom is -0.489 e. The first-order valence-corrected chi connectivity index (χ1v) is 7.46. The normalized spacial score (nSPS) is 11.9. The second-order valence-electron chi connectivity index (χ2n) is 5.88. The third-order valence-electron chi connectivity index (χ3n) is 2.89. The molecule has 2 amide bonds. The van der Waals surface area contributed by atoms with Gasteiger partial charge in [-0.2, -0.15) is 0 Å². The number of ether oxygens (including phenoxy) is 1. The summed E-state index contributed by atoms with van der Waals surface area (Å²) in [5.74, 6) is 1.07. The monoisotopic (exact) mass is 306 g/mol. The number of aliphatic hydroxyl groups excluding tert-OH is 1. The third-order valence-corrected chi connectivity index (χ3v) is 2.89. The Bertz CT molecular complexity index is 500. The van der Waals surface area contributed by atoms with Crippen LogP contribution in [0.15, 0.2) is 36.4 Å². The summed E-state index contributed by atoms with van der Waals surface area (Å²) >= 11 is 0. The van der Waals surface area contributed by atoms with Crippen molar-refractivity contribution in [1.29, 1.82) is 0 Å². The Morgan fingerprint density at radius 2 is 2.14 bits per heavy atom. The molecule has 1 atom stereocenters. The molecule has 0 saturated heterocycles. The first-order chi connectivity index (χ1) is 10.4. The lowest BCUT2D eigenvalue weighted by Crippen LogP contribution is -2.40. The van der Waals surface area contributed by atoms with Crippen molar-refractivity contribution in [2.75, 3.05) is 18.5 Å². The lowest BCUT2D eigenvalue weighted by Gasteiger charge is -2.18. The SMILES string of the molecule is C=C(C)COc1cccc(NC(=O)NC(CO)CC(C)C)c1. The van der Waals surface area contributed by atoms with E-state index in [0.29, 0.717) is 24.0 Å². The Morgan fingerprint density at radius 3 is 2.73 bits per heavy atom. The maximum Gasteiger partial charge on any atom is 0.319 e. The number of urea groups is 1. The first-order valence-electron chi connectivity index (χ1n) is 7.46. The molecule has 0 aliphatic heterocycles. The number of carbonyl (C=O) groups is 1. The topological polar surface area (TPSA) is 70.6 Å². The number of hydrogen-bond donors (Lipinski definition) is 3. The second kappa shape index (κ2) is 9.10. The summed E-state index contributed by atoms with van der Waals surface area (Å²) in [6, 6.07) is 6.57. The van der Waals surface area contributed by atoms with Gasteiger partial charge in [0.25, 0.3) is 0 Å². The van der Waals surface area contributed by atoms with Gasteiger partial charge in [-0.3, -0.25) is 0 Å². The molecule has 0 radical (unpaired) electrons. The van der Waals surface area contributed by atoms with Crippen molar-refractivity contribution >= 4 is 11.7 Å². The van der Waals surface area contributed by atoms with Crippen molar-refractivity contribution < 1.29 is 14.6 Å². The Kier molecular flexibility index (Phi) is 7.46. The molecule has 0 spiro atoms. The summed E-state index contributed by atoms with van der Waals surface area (Å²) in [7, 11) is 0. The van der Waals surface area contributed by atoms with Crippen molar-refractivity contribution in [3.05, 3.63) is 36.4 Å². The van der Waals surface area contributed by atoms with Crippen LogP contribution in [0.1, 0.15) is 27.2 Å². The molecule has 0 aromatic heterocycles. The van der Waals surface area contributed by atoms with Gasteiger partial charge in [0, 0.05) is 11.8 Å². The van der Waals surface area contributed by atoms with Gasteiger partial charge in [0.1, 0.15) is 12.4 Å². The standard InChI is InChI=1S/C17H26N2O3/c1-12(2)8-15(10-20)19-17(21)18-14-6-5-7-16(9-14)22-11-13(3)4/h5-7,9,12,15,20H,3,8,10-11H2,1-2,4H3,(H2,18,19,21). The fourth-order valence-electron chi connectivity index (χ4n) is 1.97. The highest BCUT2D eigenvalue weighted by Gasteiger charge is 2.13. The lowest BCUT2D eigenvalue weighted by molar-refractivity contribution is 0.214. The Hall–Kier alpha value is -2.01. The van der Waals surface area contributed by atoms with Gasteiger partial charge in [0.05, 0.1) is 12.6 Å². The average molecular weight is 306 g/mol. The minimum absolute atomic E-state index is 0.0760. The molecule has 122 valence electrons. The van der Waals surface area contributed by atoms with Crippen LogP contribution < -0.4 is 15.4 Å². The number of aliphatic hydroxyl groups is 1. The van der Waals surface area contributed by atoms with E-state index >= 15 is 0 Å².